The van der Waals surface area contributed by atoms with Gasteiger partial charge in [0.2, 0.25) is 0 Å². The zero-order chi connectivity index (χ0) is 107. The number of anilines is 2. The highest BCUT2D eigenvalue weighted by Crippen LogP contribution is 2.67. The van der Waals surface area contributed by atoms with Crippen LogP contribution >= 0.6 is 33.2 Å². The fourth-order valence-corrected chi connectivity index (χ4v) is 40.7. The Hall–Kier alpha value is -8.03. The molecule has 0 aliphatic carbocycles. The fourth-order valence-electron chi connectivity index (χ4n) is 23.2. The number of hydrogen-bond donors (Lipinski definition) is 2. The van der Waals surface area contributed by atoms with E-state index in [1.54, 1.807) is 103 Å². The van der Waals surface area contributed by atoms with Crippen molar-refractivity contribution in [1.29, 1.82) is 0 Å². The number of carbonyl (C=O) groups is 2. The van der Waals surface area contributed by atoms with Crippen LogP contribution < -0.4 is 42.8 Å². The summed E-state index contributed by atoms with van der Waals surface area (Å²) in [6, 6.07) is 88.6. The van der Waals surface area contributed by atoms with Crippen molar-refractivity contribution < 1.29 is 65.6 Å². The molecule has 0 spiro atoms. The summed E-state index contributed by atoms with van der Waals surface area (Å²) in [6.07, 6.45) is 12.4. The number of benzene rings is 8. The topological polar surface area (TPSA) is 252 Å². The van der Waals surface area contributed by atoms with E-state index in [0.29, 0.717) is 121 Å². The van der Waals surface area contributed by atoms with Gasteiger partial charge in [-0.2, -0.15) is 9.97 Å². The van der Waals surface area contributed by atoms with Crippen molar-refractivity contribution in [3.8, 4) is 0 Å². The molecule has 0 bridgehead atoms. The molecule has 12 heterocycles. The molecule has 0 saturated carbocycles. The summed E-state index contributed by atoms with van der Waals surface area (Å²) in [7, 11) is 1.03. The van der Waals surface area contributed by atoms with Crippen molar-refractivity contribution in [2.75, 3.05) is 91.7 Å². The third-order valence-electron chi connectivity index (χ3n) is 31.0. The van der Waals surface area contributed by atoms with Crippen LogP contribution in [0.15, 0.2) is 265 Å². The molecule has 10 aliphatic heterocycles. The van der Waals surface area contributed by atoms with Gasteiger partial charge >= 0.3 is 11.4 Å². The third kappa shape index (κ3) is 26.7. The summed E-state index contributed by atoms with van der Waals surface area (Å²) in [5, 5.41) is 11.5. The van der Waals surface area contributed by atoms with Gasteiger partial charge in [0.05, 0.1) is 50.8 Å². The van der Waals surface area contributed by atoms with Gasteiger partial charge in [-0.1, -0.05) is 321 Å². The van der Waals surface area contributed by atoms with E-state index in [0.717, 1.165) is 0 Å². The minimum absolute atomic E-state index is 0.103. The molecule has 6 unspecified atom stereocenters. The molecule has 8 aromatic carbocycles. The second-order valence-electron chi connectivity index (χ2n) is 42.5. The first-order chi connectivity index (χ1) is 72.4. The Morgan fingerprint density at radius 2 is 0.693 bits per heavy atom. The van der Waals surface area contributed by atoms with Gasteiger partial charge in [-0.05, 0) is 139 Å². The van der Waals surface area contributed by atoms with Crippen LogP contribution in [0.1, 0.15) is 203 Å². The van der Waals surface area contributed by atoms with Crippen LogP contribution in [0.25, 0.3) is 0 Å². The summed E-state index contributed by atoms with van der Waals surface area (Å²) in [6.45, 7) is 42.0. The first-order valence-electron chi connectivity index (χ1n) is 54.2. The zero-order valence-electron chi connectivity index (χ0n) is 91.7. The van der Waals surface area contributed by atoms with Gasteiger partial charge in [0.15, 0.2) is 12.5 Å². The first kappa shape index (κ1) is 116. The standard InChI is InChI=1S/2C22H29N3O6.2C22H30NOPSi.2C15H22NOP/c2*1-5-16-17(29-4)18(30-12-11-28-3)21(31-16)25-13-14(2)19(24-22(25)27)23-20(26)15-9-7-6-8-10-15;2*1-18(2)25-23-16-10-15-21(23)22(24-25)17-26(3,19-11-6-4-7-12-19)20-13-8-5-9-14-20;2*1-12(2)18-16-11-7-10-14(16)15(3,17-18)13-8-5-4-6-9-13/h2*6-10,13,16-18,21H,5,11-12H2,1-4H3,(H,23,24,26,27);2*4-9,11-14,18,21-22H,10,15-17H2,1-3H3;2*4-6,8-9,12,14H,7,10-11H2,1-3H3/t2*16-,17?,18+,21-;2*21-,22+,25?;2*14-,15+,18?/m111010/s1. The number of amides is 2. The van der Waals surface area contributed by atoms with Crippen LogP contribution in [-0.4, -0.2) is 242 Å². The SMILES string of the molecule is CC(C)P1O[C@@H](C[Si](C)(c2ccccc2)c2ccccc2)[C@H]2CCCN21.CC(C)P1O[C@@](C)(c2ccccc2)[C@H]2CCCN21.CC(C)P1O[C@H](C[Si](C)(c2ccccc2)c2ccccc2)[C@@H]2CCCN21.CC(C)P1O[C@](C)(c2ccccc2)[C@@H]2CCCN21.CC[C@H]1O[C@@H](n2cc(C)c(NC(=O)c3ccccc3)nc2=O)[C@@H](OCCOC)C1OC.CC[C@H]1O[C@@H](n2cc(C)c(NC(=O)c3ccccc3)nc2=O)[C@@H](OCCOC)C1OC. The number of methoxy groups -OCH3 is 4. The molecule has 32 heteroatoms. The van der Waals surface area contributed by atoms with Crippen molar-refractivity contribution >= 4 is 93.5 Å². The smallest absolute Gasteiger partial charge is 0.351 e. The van der Waals surface area contributed by atoms with Gasteiger partial charge < -0.3 is 66.6 Å². The van der Waals surface area contributed by atoms with Crippen LogP contribution in [0.3, 0.4) is 0 Å². The molecular formula is C118H162N10O16P4Si2. The highest BCUT2D eigenvalue weighted by molar-refractivity contribution is 7.52. The fraction of sp³-hybridized carbons (Fsp3) is 0.508. The van der Waals surface area contributed by atoms with Crippen LogP contribution in [-0.2, 0) is 67.2 Å². The van der Waals surface area contributed by atoms with Gasteiger partial charge in [0.1, 0.15) is 96.6 Å². The Kier molecular flexibility index (Phi) is 41.8. The Morgan fingerprint density at radius 3 is 0.987 bits per heavy atom. The van der Waals surface area contributed by atoms with Crippen LogP contribution in [0, 0.1) is 13.8 Å². The van der Waals surface area contributed by atoms with Crippen LogP contribution in [0.4, 0.5) is 11.6 Å². The molecule has 10 fully saturated rings. The predicted molar refractivity (Wildman–Crippen MR) is 612 cm³/mol. The first-order valence-corrected chi connectivity index (χ1v) is 64.8. The normalized spacial score (nSPS) is 27.4. The Morgan fingerprint density at radius 1 is 0.400 bits per heavy atom. The Bertz CT molecular complexity index is 5560. The van der Waals surface area contributed by atoms with E-state index in [-0.39, 0.29) is 59.1 Å². The Balaban J connectivity index is 0.000000136. The quantitative estimate of drug-likeness (QED) is 0.0226. The largest absolute Gasteiger partial charge is 0.382 e. The van der Waals surface area contributed by atoms with Crippen molar-refractivity contribution in [3.05, 3.63) is 309 Å². The van der Waals surface area contributed by atoms with E-state index in [1.165, 1.54) is 131 Å². The summed E-state index contributed by atoms with van der Waals surface area (Å²) < 4.78 is 85.7. The van der Waals surface area contributed by atoms with E-state index in [1.807, 2.05) is 26.0 Å². The molecule has 150 heavy (non-hydrogen) atoms. The van der Waals surface area contributed by atoms with Gasteiger partial charge in [0, 0.05) is 136 Å². The van der Waals surface area contributed by atoms with E-state index < -0.39 is 85.4 Å². The third-order valence-corrected chi connectivity index (χ3v) is 49.5. The number of rotatable bonds is 32. The van der Waals surface area contributed by atoms with Crippen molar-refractivity contribution in [1.82, 2.24) is 37.8 Å². The van der Waals surface area contributed by atoms with E-state index in [2.05, 4.69) is 304 Å². The summed E-state index contributed by atoms with van der Waals surface area (Å²) in [5.41, 5.74) is 6.05. The number of aromatic nitrogens is 4. The number of fused-ring (bicyclic) bond motifs is 4. The molecule has 2 N–H and O–H groups in total. The van der Waals surface area contributed by atoms with Gasteiger partial charge in [-0.15, -0.1) is 0 Å². The molecular weight excluding hydrogens is 1990 g/mol. The monoisotopic (exact) mass is 2160 g/mol. The molecule has 2 aromatic heterocycles. The minimum atomic E-state index is -1.83. The van der Waals surface area contributed by atoms with Crippen LogP contribution in [0.2, 0.25) is 25.2 Å². The molecule has 10 saturated heterocycles. The maximum absolute atomic E-state index is 12.9. The second kappa shape index (κ2) is 54.1. The summed E-state index contributed by atoms with van der Waals surface area (Å²) in [5.74, 6) is -0.256. The average Bonchev–Trinajstić information content (AvgIpc) is 1.58. The number of ether oxygens (including phenoxy) is 8. The predicted octanol–water partition coefficient (Wildman–Crippen LogP) is 21.5. The molecule has 20 rings (SSSR count). The lowest BCUT2D eigenvalue weighted by atomic mass is 9.87. The number of nitrogens with zero attached hydrogens (tertiary/aromatic N) is 8. The molecule has 26 nitrogen and oxygen atoms in total. The maximum Gasteiger partial charge on any atom is 0.351 e. The molecule has 2 amide bonds. The highest BCUT2D eigenvalue weighted by Gasteiger charge is 2.58. The number of nitrogens with one attached hydrogen (secondary N) is 2. The van der Waals surface area contributed by atoms with Crippen molar-refractivity contribution in [2.24, 2.45) is 0 Å². The molecule has 808 valence electrons. The molecule has 20 atom stereocenters. The van der Waals surface area contributed by atoms with E-state index in [4.69, 9.17) is 56.0 Å². The summed E-state index contributed by atoms with van der Waals surface area (Å²) >= 11 is 0. The zero-order valence-corrected chi connectivity index (χ0v) is 97.3. The lowest BCUT2D eigenvalue weighted by Gasteiger charge is -2.32. The van der Waals surface area contributed by atoms with Crippen molar-refractivity contribution in [3.63, 3.8) is 0 Å². The summed E-state index contributed by atoms with van der Waals surface area (Å²) in [4.78, 5) is 58.8. The lowest BCUT2D eigenvalue weighted by Crippen LogP contribution is -2.58. The molecule has 10 aromatic rings. The highest BCUT2D eigenvalue weighted by atomic mass is 31.2. The van der Waals surface area contributed by atoms with Gasteiger partial charge in [-0.3, -0.25) is 37.4 Å². The minimum Gasteiger partial charge on any atom is -0.382 e. The van der Waals surface area contributed by atoms with Crippen molar-refractivity contribution in [2.45, 2.75) is 306 Å². The second-order valence-corrected chi connectivity index (χ2v) is 60.3. The maximum atomic E-state index is 12.9. The van der Waals surface area contributed by atoms with E-state index in [9.17, 15) is 19.2 Å². The molecule has 0 radical (unpaired) electrons. The molecule has 10 aliphatic rings. The number of hydrogen-bond acceptors (Lipinski definition) is 22. The lowest BCUT2D eigenvalue weighted by molar-refractivity contribution is -0.0838. The van der Waals surface area contributed by atoms with Gasteiger partial charge in [-0.25, -0.2) is 9.59 Å². The Labute approximate surface area is 897 Å². The number of carbonyl (C=O) groups excluding carboxylic acids is 2. The average molecular weight is 2160 g/mol. The van der Waals surface area contributed by atoms with Crippen LogP contribution in [0.5, 0.6) is 0 Å². The van der Waals surface area contributed by atoms with Gasteiger partial charge in [0.25, 0.3) is 11.8 Å². The number of aryl methyl sites for hydroxylation is 2. The van der Waals surface area contributed by atoms with E-state index >= 15 is 0 Å².